The Labute approximate surface area is 151 Å². The Kier molecular flexibility index (Phi) is 5.88. The molecule has 0 atom stereocenters. The number of methoxy groups -OCH3 is 2. The summed E-state index contributed by atoms with van der Waals surface area (Å²) in [4.78, 5) is 24.3. The van der Waals surface area contributed by atoms with Crippen molar-refractivity contribution in [2.75, 3.05) is 26.6 Å². The standard InChI is InChI=1S/C18H19ClN2O4/c1-10-5-6-11(17(22)20-2)8-14(10)21-18(23)12-7-13(19)16(25-4)15(9-12)24-3/h5-9H,1-4H3,(H,20,22)(H,21,23). The molecular weight excluding hydrogens is 344 g/mol. The molecule has 0 bridgehead atoms. The number of halogens is 1. The van der Waals surface area contributed by atoms with E-state index in [1.807, 2.05) is 6.92 Å². The van der Waals surface area contributed by atoms with Gasteiger partial charge in [-0.1, -0.05) is 17.7 Å². The van der Waals surface area contributed by atoms with Crippen LogP contribution < -0.4 is 20.1 Å². The monoisotopic (exact) mass is 362 g/mol. The maximum atomic E-state index is 12.6. The van der Waals surface area contributed by atoms with Crippen LogP contribution in [0.15, 0.2) is 30.3 Å². The number of carbonyl (C=O) groups is 2. The van der Waals surface area contributed by atoms with Gasteiger partial charge < -0.3 is 20.1 Å². The first kappa shape index (κ1) is 18.6. The first-order chi connectivity index (χ1) is 11.9. The fourth-order valence-electron chi connectivity index (χ4n) is 2.29. The molecule has 0 heterocycles. The van der Waals surface area contributed by atoms with E-state index in [0.29, 0.717) is 28.3 Å². The molecule has 0 unspecified atom stereocenters. The Morgan fingerprint density at radius 1 is 1.00 bits per heavy atom. The van der Waals surface area contributed by atoms with Gasteiger partial charge >= 0.3 is 0 Å². The molecular formula is C18H19ClN2O4. The average molecular weight is 363 g/mol. The molecule has 0 aliphatic rings. The van der Waals surface area contributed by atoms with E-state index in [2.05, 4.69) is 10.6 Å². The van der Waals surface area contributed by atoms with Gasteiger partial charge in [0.25, 0.3) is 11.8 Å². The van der Waals surface area contributed by atoms with E-state index in [4.69, 9.17) is 21.1 Å². The van der Waals surface area contributed by atoms with E-state index in [0.717, 1.165) is 5.56 Å². The second-order valence-corrected chi connectivity index (χ2v) is 5.66. The molecule has 0 saturated carbocycles. The number of nitrogens with one attached hydrogen (secondary N) is 2. The van der Waals surface area contributed by atoms with Crippen LogP contribution in [0.2, 0.25) is 5.02 Å². The summed E-state index contributed by atoms with van der Waals surface area (Å²) in [5.41, 5.74) is 2.13. The number of hydrogen-bond donors (Lipinski definition) is 2. The molecule has 2 aromatic rings. The van der Waals surface area contributed by atoms with Gasteiger partial charge in [0, 0.05) is 23.9 Å². The SMILES string of the molecule is CNC(=O)c1ccc(C)c(NC(=O)c2cc(Cl)c(OC)c(OC)c2)c1. The molecule has 132 valence electrons. The Hall–Kier alpha value is -2.73. The zero-order chi connectivity index (χ0) is 18.6. The molecule has 7 heteroatoms. The molecule has 0 spiro atoms. The van der Waals surface area contributed by atoms with E-state index >= 15 is 0 Å². The molecule has 0 radical (unpaired) electrons. The lowest BCUT2D eigenvalue weighted by Crippen LogP contribution is -2.19. The van der Waals surface area contributed by atoms with Crippen LogP contribution in [0.5, 0.6) is 11.5 Å². The molecule has 2 aromatic carbocycles. The highest BCUT2D eigenvalue weighted by Gasteiger charge is 2.16. The van der Waals surface area contributed by atoms with Crippen LogP contribution in [0.4, 0.5) is 5.69 Å². The second kappa shape index (κ2) is 7.90. The van der Waals surface area contributed by atoms with Crippen LogP contribution in [0.3, 0.4) is 0 Å². The third-order valence-electron chi connectivity index (χ3n) is 3.67. The summed E-state index contributed by atoms with van der Waals surface area (Å²) in [5, 5.41) is 5.60. The summed E-state index contributed by atoms with van der Waals surface area (Å²) in [6.07, 6.45) is 0. The first-order valence-corrected chi connectivity index (χ1v) is 7.84. The Bertz CT molecular complexity index is 821. The number of amides is 2. The number of aryl methyl sites for hydroxylation is 1. The predicted octanol–water partition coefficient (Wildman–Crippen LogP) is 3.28. The lowest BCUT2D eigenvalue weighted by atomic mass is 10.1. The van der Waals surface area contributed by atoms with Gasteiger partial charge in [0.05, 0.1) is 19.2 Å². The molecule has 0 saturated heterocycles. The van der Waals surface area contributed by atoms with Crippen LogP contribution in [0, 0.1) is 6.92 Å². The Morgan fingerprint density at radius 3 is 2.32 bits per heavy atom. The summed E-state index contributed by atoms with van der Waals surface area (Å²) in [6, 6.07) is 8.11. The average Bonchev–Trinajstić information content (AvgIpc) is 2.61. The van der Waals surface area contributed by atoms with Crippen molar-refractivity contribution < 1.29 is 19.1 Å². The van der Waals surface area contributed by atoms with E-state index in [1.54, 1.807) is 25.2 Å². The zero-order valence-corrected chi connectivity index (χ0v) is 15.2. The largest absolute Gasteiger partial charge is 0.493 e. The van der Waals surface area contributed by atoms with Gasteiger partial charge in [-0.05, 0) is 36.8 Å². The Morgan fingerprint density at radius 2 is 1.72 bits per heavy atom. The van der Waals surface area contributed by atoms with Crippen LogP contribution in [-0.4, -0.2) is 33.1 Å². The topological polar surface area (TPSA) is 76.7 Å². The van der Waals surface area contributed by atoms with Crippen molar-refractivity contribution in [2.45, 2.75) is 6.92 Å². The van der Waals surface area contributed by atoms with Gasteiger partial charge in [0.2, 0.25) is 0 Å². The van der Waals surface area contributed by atoms with Gasteiger partial charge in [0.15, 0.2) is 11.5 Å². The zero-order valence-electron chi connectivity index (χ0n) is 14.4. The molecule has 0 aromatic heterocycles. The molecule has 2 rings (SSSR count). The fraction of sp³-hybridized carbons (Fsp3) is 0.222. The van der Waals surface area contributed by atoms with E-state index in [-0.39, 0.29) is 16.8 Å². The highest BCUT2D eigenvalue weighted by molar-refractivity contribution is 6.32. The van der Waals surface area contributed by atoms with Gasteiger partial charge in [-0.3, -0.25) is 9.59 Å². The third kappa shape index (κ3) is 4.03. The number of carbonyl (C=O) groups excluding carboxylic acids is 2. The van der Waals surface area contributed by atoms with E-state index in [1.165, 1.54) is 26.4 Å². The highest BCUT2D eigenvalue weighted by Crippen LogP contribution is 2.36. The summed E-state index contributed by atoms with van der Waals surface area (Å²) < 4.78 is 10.4. The Balaban J connectivity index is 2.34. The van der Waals surface area contributed by atoms with Crippen molar-refractivity contribution >= 4 is 29.1 Å². The maximum absolute atomic E-state index is 12.6. The number of rotatable bonds is 5. The van der Waals surface area contributed by atoms with E-state index in [9.17, 15) is 9.59 Å². The van der Waals surface area contributed by atoms with Crippen LogP contribution in [0.25, 0.3) is 0 Å². The number of benzene rings is 2. The second-order valence-electron chi connectivity index (χ2n) is 5.26. The van der Waals surface area contributed by atoms with Gasteiger partial charge in [-0.25, -0.2) is 0 Å². The van der Waals surface area contributed by atoms with E-state index < -0.39 is 0 Å². The van der Waals surface area contributed by atoms with Crippen molar-refractivity contribution in [3.8, 4) is 11.5 Å². The third-order valence-corrected chi connectivity index (χ3v) is 3.95. The molecule has 2 amide bonds. The molecule has 0 aliphatic carbocycles. The number of ether oxygens (including phenoxy) is 2. The number of anilines is 1. The maximum Gasteiger partial charge on any atom is 0.255 e. The van der Waals surface area contributed by atoms with Crippen molar-refractivity contribution in [1.29, 1.82) is 0 Å². The predicted molar refractivity (Wildman–Crippen MR) is 97.1 cm³/mol. The van der Waals surface area contributed by atoms with Crippen LogP contribution in [-0.2, 0) is 0 Å². The summed E-state index contributed by atoms with van der Waals surface area (Å²) in [7, 11) is 4.48. The first-order valence-electron chi connectivity index (χ1n) is 7.46. The molecule has 0 aliphatic heterocycles. The van der Waals surface area contributed by atoms with Gasteiger partial charge in [-0.15, -0.1) is 0 Å². The molecule has 2 N–H and O–H groups in total. The fourth-order valence-corrected chi connectivity index (χ4v) is 2.57. The van der Waals surface area contributed by atoms with Crippen molar-refractivity contribution in [3.63, 3.8) is 0 Å². The highest BCUT2D eigenvalue weighted by atomic mass is 35.5. The smallest absolute Gasteiger partial charge is 0.255 e. The lowest BCUT2D eigenvalue weighted by Gasteiger charge is -2.13. The minimum atomic E-state index is -0.375. The summed E-state index contributed by atoms with van der Waals surface area (Å²) >= 11 is 6.14. The van der Waals surface area contributed by atoms with Gasteiger partial charge in [0.1, 0.15) is 0 Å². The minimum absolute atomic E-state index is 0.232. The van der Waals surface area contributed by atoms with Crippen molar-refractivity contribution in [2.24, 2.45) is 0 Å². The molecule has 25 heavy (non-hydrogen) atoms. The van der Waals surface area contributed by atoms with Gasteiger partial charge in [-0.2, -0.15) is 0 Å². The van der Waals surface area contributed by atoms with Crippen LogP contribution >= 0.6 is 11.6 Å². The van der Waals surface area contributed by atoms with Crippen LogP contribution in [0.1, 0.15) is 26.3 Å². The molecule has 0 fully saturated rings. The lowest BCUT2D eigenvalue weighted by molar-refractivity contribution is 0.0961. The van der Waals surface area contributed by atoms with Crippen molar-refractivity contribution in [3.05, 3.63) is 52.0 Å². The summed E-state index contributed by atoms with van der Waals surface area (Å²) in [5.74, 6) is 0.110. The summed E-state index contributed by atoms with van der Waals surface area (Å²) in [6.45, 7) is 1.84. The van der Waals surface area contributed by atoms with Crippen molar-refractivity contribution in [1.82, 2.24) is 5.32 Å². The quantitative estimate of drug-likeness (QED) is 0.855. The normalized spacial score (nSPS) is 10.1. The number of hydrogen-bond acceptors (Lipinski definition) is 4. The molecule has 6 nitrogen and oxygen atoms in total. The minimum Gasteiger partial charge on any atom is -0.493 e.